The van der Waals surface area contributed by atoms with Gasteiger partial charge in [-0.3, -0.25) is 4.79 Å². The number of amides is 1. The Bertz CT molecular complexity index is 835. The number of aromatic nitrogens is 2. The van der Waals surface area contributed by atoms with Crippen LogP contribution in [0.4, 0.5) is 8.78 Å². The van der Waals surface area contributed by atoms with Gasteiger partial charge in [-0.05, 0) is 36.4 Å². The molecule has 0 atom stereocenters. The molecule has 128 valence electrons. The first-order chi connectivity index (χ1) is 12.1. The number of rotatable bonds is 6. The quantitative estimate of drug-likeness (QED) is 0.674. The number of alkyl halides is 2. The topological polar surface area (TPSA) is 46.9 Å². The Morgan fingerprint density at radius 1 is 1.12 bits per heavy atom. The minimum atomic E-state index is -2.47. The molecule has 1 heterocycles. The van der Waals surface area contributed by atoms with Gasteiger partial charge in [0, 0.05) is 28.8 Å². The van der Waals surface area contributed by atoms with Crippen LogP contribution in [-0.4, -0.2) is 21.4 Å². The summed E-state index contributed by atoms with van der Waals surface area (Å²) in [7, 11) is 0. The van der Waals surface area contributed by atoms with Crippen molar-refractivity contribution in [1.82, 2.24) is 15.1 Å². The summed E-state index contributed by atoms with van der Waals surface area (Å²) in [5.41, 5.74) is 2.23. The van der Waals surface area contributed by atoms with E-state index in [0.717, 1.165) is 11.3 Å². The van der Waals surface area contributed by atoms with Gasteiger partial charge in [0.25, 0.3) is 11.7 Å². The summed E-state index contributed by atoms with van der Waals surface area (Å²) in [6.45, 7) is 0.333. The van der Waals surface area contributed by atoms with Crippen LogP contribution in [0, 0.1) is 0 Å². The highest BCUT2D eigenvalue weighted by Crippen LogP contribution is 2.25. The van der Waals surface area contributed by atoms with E-state index in [4.69, 9.17) is 0 Å². The minimum Gasteiger partial charge on any atom is -0.348 e. The lowest BCUT2D eigenvalue weighted by Gasteiger charge is -2.05. The van der Waals surface area contributed by atoms with Gasteiger partial charge < -0.3 is 5.32 Å². The molecule has 1 N–H and O–H groups in total. The van der Waals surface area contributed by atoms with Crippen molar-refractivity contribution in [1.29, 1.82) is 0 Å². The van der Waals surface area contributed by atoms with Crippen molar-refractivity contribution in [2.45, 2.75) is 17.2 Å². The maximum atomic E-state index is 12.3. The Labute approximate surface area is 147 Å². The highest BCUT2D eigenvalue weighted by atomic mass is 32.2. The van der Waals surface area contributed by atoms with Crippen LogP contribution in [0.3, 0.4) is 0 Å². The van der Waals surface area contributed by atoms with Crippen molar-refractivity contribution in [2.75, 3.05) is 0 Å². The normalized spacial score (nSPS) is 10.8. The third-order valence-corrected chi connectivity index (χ3v) is 4.17. The van der Waals surface area contributed by atoms with Crippen molar-refractivity contribution in [2.24, 2.45) is 0 Å². The maximum absolute atomic E-state index is 12.3. The smallest absolute Gasteiger partial charge is 0.288 e. The van der Waals surface area contributed by atoms with E-state index < -0.39 is 5.76 Å². The fraction of sp³-hybridized carbons (Fsp3) is 0.111. The summed E-state index contributed by atoms with van der Waals surface area (Å²) in [6, 6.07) is 15.8. The molecule has 0 spiro atoms. The molecule has 0 aliphatic heterocycles. The molecule has 2 aromatic carbocycles. The van der Waals surface area contributed by atoms with Gasteiger partial charge in [-0.2, -0.15) is 13.9 Å². The number of thioether (sulfide) groups is 1. The lowest BCUT2D eigenvalue weighted by atomic mass is 10.2. The van der Waals surface area contributed by atoms with Crippen molar-refractivity contribution in [3.05, 3.63) is 78.1 Å². The lowest BCUT2D eigenvalue weighted by Crippen LogP contribution is -2.22. The van der Waals surface area contributed by atoms with E-state index in [2.05, 4.69) is 10.4 Å². The standard InChI is InChI=1S/C18H15F2N3OS/c19-18(20)25-16-8-6-14(7-9-16)17(24)21-10-13-11-22-23(12-13)15-4-2-1-3-5-15/h1-9,11-12,18H,10H2,(H,21,24). The predicted molar refractivity (Wildman–Crippen MR) is 93.0 cm³/mol. The first kappa shape index (κ1) is 17.2. The van der Waals surface area contributed by atoms with Gasteiger partial charge in [0.1, 0.15) is 0 Å². The Hall–Kier alpha value is -2.67. The maximum Gasteiger partial charge on any atom is 0.288 e. The van der Waals surface area contributed by atoms with Crippen molar-refractivity contribution in [3.63, 3.8) is 0 Å². The number of hydrogen-bond donors (Lipinski definition) is 1. The molecule has 3 aromatic rings. The molecule has 0 saturated carbocycles. The van der Waals surface area contributed by atoms with Gasteiger partial charge in [0.15, 0.2) is 0 Å². The molecular weight excluding hydrogens is 344 g/mol. The average Bonchev–Trinajstić information content (AvgIpc) is 3.10. The van der Waals surface area contributed by atoms with Gasteiger partial charge in [-0.1, -0.05) is 30.0 Å². The number of halogens is 2. The summed E-state index contributed by atoms with van der Waals surface area (Å²) in [5.74, 6) is -2.73. The van der Waals surface area contributed by atoms with Gasteiger partial charge in [-0.15, -0.1) is 0 Å². The number of hydrogen-bond acceptors (Lipinski definition) is 3. The molecule has 0 aliphatic carbocycles. The second-order valence-electron chi connectivity index (χ2n) is 5.21. The van der Waals surface area contributed by atoms with Crippen LogP contribution < -0.4 is 5.32 Å². The number of carbonyl (C=O) groups excluding carboxylic acids is 1. The van der Waals surface area contributed by atoms with Crippen LogP contribution in [0.25, 0.3) is 5.69 Å². The van der Waals surface area contributed by atoms with E-state index >= 15 is 0 Å². The molecule has 0 unspecified atom stereocenters. The minimum absolute atomic E-state index is 0.263. The molecular formula is C18H15F2N3OS. The van der Waals surface area contributed by atoms with Crippen molar-refractivity contribution in [3.8, 4) is 5.69 Å². The Balaban J connectivity index is 1.58. The van der Waals surface area contributed by atoms with Crippen LogP contribution in [0.1, 0.15) is 15.9 Å². The summed E-state index contributed by atoms with van der Waals surface area (Å²) in [6.07, 6.45) is 3.54. The van der Waals surface area contributed by atoms with Crippen molar-refractivity contribution < 1.29 is 13.6 Å². The Morgan fingerprint density at radius 3 is 2.52 bits per heavy atom. The molecule has 1 amide bonds. The highest BCUT2D eigenvalue weighted by Gasteiger charge is 2.09. The monoisotopic (exact) mass is 359 g/mol. The van der Waals surface area contributed by atoms with Gasteiger partial charge >= 0.3 is 0 Å². The number of para-hydroxylation sites is 1. The number of carbonyl (C=O) groups is 1. The van der Waals surface area contributed by atoms with E-state index in [9.17, 15) is 13.6 Å². The van der Waals surface area contributed by atoms with E-state index in [-0.39, 0.29) is 5.91 Å². The fourth-order valence-corrected chi connectivity index (χ4v) is 2.74. The zero-order valence-electron chi connectivity index (χ0n) is 13.1. The number of nitrogens with zero attached hydrogens (tertiary/aromatic N) is 2. The van der Waals surface area contributed by atoms with Crippen LogP contribution in [0.2, 0.25) is 0 Å². The summed E-state index contributed by atoms with van der Waals surface area (Å²) < 4.78 is 26.3. The lowest BCUT2D eigenvalue weighted by molar-refractivity contribution is 0.0951. The molecule has 0 bridgehead atoms. The van der Waals surface area contributed by atoms with E-state index in [1.54, 1.807) is 10.9 Å². The van der Waals surface area contributed by atoms with Gasteiger partial charge in [0.05, 0.1) is 11.9 Å². The summed E-state index contributed by atoms with van der Waals surface area (Å²) in [4.78, 5) is 12.6. The van der Waals surface area contributed by atoms with E-state index in [1.165, 1.54) is 24.3 Å². The van der Waals surface area contributed by atoms with Crippen LogP contribution in [0.5, 0.6) is 0 Å². The largest absolute Gasteiger partial charge is 0.348 e. The van der Waals surface area contributed by atoms with Crippen molar-refractivity contribution >= 4 is 17.7 Å². The SMILES string of the molecule is O=C(NCc1cnn(-c2ccccc2)c1)c1ccc(SC(F)F)cc1. The Morgan fingerprint density at radius 2 is 1.84 bits per heavy atom. The number of benzene rings is 2. The van der Waals surface area contributed by atoms with Crippen LogP contribution in [-0.2, 0) is 6.54 Å². The molecule has 0 aliphatic rings. The van der Waals surface area contributed by atoms with Crippen LogP contribution >= 0.6 is 11.8 Å². The predicted octanol–water partition coefficient (Wildman–Crippen LogP) is 4.12. The Kier molecular flexibility index (Phi) is 5.45. The molecule has 25 heavy (non-hydrogen) atoms. The zero-order chi connectivity index (χ0) is 17.6. The molecule has 3 rings (SSSR count). The third kappa shape index (κ3) is 4.67. The number of nitrogens with one attached hydrogen (secondary N) is 1. The summed E-state index contributed by atoms with van der Waals surface area (Å²) >= 11 is 0.454. The molecule has 1 aromatic heterocycles. The van der Waals surface area contributed by atoms with Gasteiger partial charge in [0.2, 0.25) is 0 Å². The second-order valence-corrected chi connectivity index (χ2v) is 6.28. The zero-order valence-corrected chi connectivity index (χ0v) is 13.9. The fourth-order valence-electron chi connectivity index (χ4n) is 2.25. The van der Waals surface area contributed by atoms with E-state index in [0.29, 0.717) is 28.8 Å². The molecule has 4 nitrogen and oxygen atoms in total. The molecule has 0 saturated heterocycles. The van der Waals surface area contributed by atoms with Crippen LogP contribution in [0.15, 0.2) is 71.9 Å². The molecule has 7 heteroatoms. The van der Waals surface area contributed by atoms with Gasteiger partial charge in [-0.25, -0.2) is 4.68 Å². The molecule has 0 radical (unpaired) electrons. The summed E-state index contributed by atoms with van der Waals surface area (Å²) in [5, 5.41) is 7.06. The van der Waals surface area contributed by atoms with E-state index in [1.807, 2.05) is 36.5 Å². The third-order valence-electron chi connectivity index (χ3n) is 3.45. The molecule has 0 fully saturated rings. The first-order valence-electron chi connectivity index (χ1n) is 7.54. The average molecular weight is 359 g/mol. The highest BCUT2D eigenvalue weighted by molar-refractivity contribution is 7.99. The first-order valence-corrected chi connectivity index (χ1v) is 8.42. The second kappa shape index (κ2) is 7.94.